The van der Waals surface area contributed by atoms with Crippen molar-refractivity contribution in [3.8, 4) is 0 Å². The number of rotatable bonds is 7. The molecule has 0 unspecified atom stereocenters. The molecular weight excluding hydrogens is 234 g/mol. The zero-order chi connectivity index (χ0) is 13.4. The highest BCUT2D eigenvalue weighted by Gasteiger charge is 2.10. The Labute approximate surface area is 107 Å². The number of hydrogen-bond acceptors (Lipinski definition) is 6. The number of nitrogens with zero attached hydrogens (tertiary/aromatic N) is 2. The maximum atomic E-state index is 11.3. The lowest BCUT2D eigenvalue weighted by molar-refractivity contribution is 0.0586. The van der Waals surface area contributed by atoms with Crippen molar-refractivity contribution in [2.75, 3.05) is 32.7 Å². The molecular formula is C12H19N3O3. The number of nitrogens with one attached hydrogen (secondary N) is 1. The normalized spacial score (nSPS) is 10.2. The van der Waals surface area contributed by atoms with Gasteiger partial charge in [0, 0.05) is 32.0 Å². The first-order valence-electron chi connectivity index (χ1n) is 5.84. The number of aromatic nitrogens is 2. The van der Waals surface area contributed by atoms with Crippen LogP contribution in [0.5, 0.6) is 0 Å². The van der Waals surface area contributed by atoms with E-state index >= 15 is 0 Å². The third-order valence-electron chi connectivity index (χ3n) is 2.30. The molecule has 1 rings (SSSR count). The van der Waals surface area contributed by atoms with Crippen LogP contribution < -0.4 is 5.32 Å². The minimum Gasteiger partial charge on any atom is -0.463 e. The molecule has 0 radical (unpaired) electrons. The van der Waals surface area contributed by atoms with Crippen LogP contribution in [0.2, 0.25) is 0 Å². The Morgan fingerprint density at radius 3 is 2.78 bits per heavy atom. The monoisotopic (exact) mass is 253 g/mol. The number of methoxy groups -OCH3 is 2. The molecule has 18 heavy (non-hydrogen) atoms. The Balaban J connectivity index is 2.55. The van der Waals surface area contributed by atoms with Gasteiger partial charge in [-0.3, -0.25) is 0 Å². The summed E-state index contributed by atoms with van der Waals surface area (Å²) in [5.74, 6) is 0.193. The largest absolute Gasteiger partial charge is 0.463 e. The molecule has 0 saturated carbocycles. The van der Waals surface area contributed by atoms with Gasteiger partial charge >= 0.3 is 5.97 Å². The van der Waals surface area contributed by atoms with Crippen molar-refractivity contribution in [3.63, 3.8) is 0 Å². The highest BCUT2D eigenvalue weighted by Crippen LogP contribution is 2.07. The van der Waals surface area contributed by atoms with E-state index in [9.17, 15) is 4.79 Å². The zero-order valence-corrected chi connectivity index (χ0v) is 11.0. The fourth-order valence-corrected chi connectivity index (χ4v) is 1.43. The van der Waals surface area contributed by atoms with Crippen LogP contribution in [0.15, 0.2) is 6.07 Å². The highest BCUT2D eigenvalue weighted by atomic mass is 16.5. The van der Waals surface area contributed by atoms with E-state index in [-0.39, 0.29) is 5.82 Å². The summed E-state index contributed by atoms with van der Waals surface area (Å²) in [6, 6.07) is 1.79. The van der Waals surface area contributed by atoms with Gasteiger partial charge in [-0.05, 0) is 19.8 Å². The number of esters is 1. The standard InChI is InChI=1S/C12H19N3O3/c1-9-8-10(13-6-4-5-7-17-2)15-11(14-9)12(16)18-3/h8H,4-7H2,1-3H3,(H,13,14,15). The summed E-state index contributed by atoms with van der Waals surface area (Å²) >= 11 is 0. The number of aryl methyl sites for hydroxylation is 1. The van der Waals surface area contributed by atoms with Gasteiger partial charge in [-0.25, -0.2) is 14.8 Å². The third kappa shape index (κ3) is 4.67. The van der Waals surface area contributed by atoms with Crippen LogP contribution in [0.1, 0.15) is 29.2 Å². The van der Waals surface area contributed by atoms with Crippen LogP contribution in [0, 0.1) is 6.92 Å². The molecule has 0 aliphatic heterocycles. The van der Waals surface area contributed by atoms with Gasteiger partial charge in [0.15, 0.2) is 0 Å². The van der Waals surface area contributed by atoms with E-state index in [2.05, 4.69) is 20.0 Å². The predicted molar refractivity (Wildman–Crippen MR) is 67.7 cm³/mol. The molecule has 1 heterocycles. The summed E-state index contributed by atoms with van der Waals surface area (Å²) in [7, 11) is 3.00. The Morgan fingerprint density at radius 1 is 1.33 bits per heavy atom. The lowest BCUT2D eigenvalue weighted by Crippen LogP contribution is -2.12. The van der Waals surface area contributed by atoms with E-state index < -0.39 is 5.97 Å². The van der Waals surface area contributed by atoms with Crippen molar-refractivity contribution < 1.29 is 14.3 Å². The lowest BCUT2D eigenvalue weighted by atomic mass is 10.3. The SMILES string of the molecule is COCCCCNc1cc(C)nc(C(=O)OC)n1. The summed E-state index contributed by atoms with van der Waals surface area (Å²) in [5.41, 5.74) is 0.727. The summed E-state index contributed by atoms with van der Waals surface area (Å²) in [6.45, 7) is 3.34. The van der Waals surface area contributed by atoms with E-state index in [0.717, 1.165) is 31.7 Å². The third-order valence-corrected chi connectivity index (χ3v) is 2.30. The second-order valence-corrected chi connectivity index (χ2v) is 3.84. The van der Waals surface area contributed by atoms with Crippen molar-refractivity contribution in [1.82, 2.24) is 9.97 Å². The van der Waals surface area contributed by atoms with Gasteiger partial charge < -0.3 is 14.8 Å². The summed E-state index contributed by atoms with van der Waals surface area (Å²) in [4.78, 5) is 19.5. The van der Waals surface area contributed by atoms with Crippen LogP contribution in [0.25, 0.3) is 0 Å². The number of ether oxygens (including phenoxy) is 2. The van der Waals surface area contributed by atoms with Crippen LogP contribution >= 0.6 is 0 Å². The molecule has 0 bridgehead atoms. The molecule has 1 aromatic heterocycles. The van der Waals surface area contributed by atoms with E-state index in [4.69, 9.17) is 4.74 Å². The minimum atomic E-state index is -0.527. The summed E-state index contributed by atoms with van der Waals surface area (Å²) in [5, 5.41) is 3.15. The molecule has 100 valence electrons. The van der Waals surface area contributed by atoms with Crippen molar-refractivity contribution in [3.05, 3.63) is 17.6 Å². The number of hydrogen-bond donors (Lipinski definition) is 1. The van der Waals surface area contributed by atoms with Crippen LogP contribution in [-0.2, 0) is 9.47 Å². The Hall–Kier alpha value is -1.69. The molecule has 0 spiro atoms. The minimum absolute atomic E-state index is 0.0805. The van der Waals surface area contributed by atoms with Gasteiger partial charge in [-0.1, -0.05) is 0 Å². The summed E-state index contributed by atoms with van der Waals surface area (Å²) in [6.07, 6.45) is 1.96. The zero-order valence-electron chi connectivity index (χ0n) is 11.0. The first kappa shape index (κ1) is 14.4. The molecule has 0 atom stereocenters. The fourth-order valence-electron chi connectivity index (χ4n) is 1.43. The number of anilines is 1. The van der Waals surface area contributed by atoms with Gasteiger partial charge in [-0.15, -0.1) is 0 Å². The molecule has 1 N–H and O–H groups in total. The molecule has 0 aromatic carbocycles. The average Bonchev–Trinajstić information content (AvgIpc) is 2.37. The second-order valence-electron chi connectivity index (χ2n) is 3.84. The number of unbranched alkanes of at least 4 members (excludes halogenated alkanes) is 1. The van der Waals surface area contributed by atoms with Gasteiger partial charge in [0.05, 0.1) is 7.11 Å². The summed E-state index contributed by atoms with van der Waals surface area (Å²) < 4.78 is 9.56. The van der Waals surface area contributed by atoms with E-state index in [1.807, 2.05) is 6.92 Å². The lowest BCUT2D eigenvalue weighted by Gasteiger charge is -2.07. The molecule has 0 fully saturated rings. The Bertz CT molecular complexity index is 396. The van der Waals surface area contributed by atoms with Gasteiger partial charge in [0.25, 0.3) is 0 Å². The van der Waals surface area contributed by atoms with E-state index in [1.54, 1.807) is 13.2 Å². The molecule has 6 heteroatoms. The second kappa shape index (κ2) is 7.60. The topological polar surface area (TPSA) is 73.3 Å². The highest BCUT2D eigenvalue weighted by molar-refractivity contribution is 5.85. The molecule has 6 nitrogen and oxygen atoms in total. The van der Waals surface area contributed by atoms with Crippen LogP contribution in [0.4, 0.5) is 5.82 Å². The first-order valence-corrected chi connectivity index (χ1v) is 5.84. The molecule has 0 amide bonds. The van der Waals surface area contributed by atoms with Crippen molar-refractivity contribution in [2.45, 2.75) is 19.8 Å². The van der Waals surface area contributed by atoms with E-state index in [1.165, 1.54) is 7.11 Å². The molecule has 0 aliphatic rings. The van der Waals surface area contributed by atoms with Gasteiger partial charge in [-0.2, -0.15) is 0 Å². The quantitative estimate of drug-likeness (QED) is 0.585. The molecule has 0 aliphatic carbocycles. The maximum Gasteiger partial charge on any atom is 0.376 e. The predicted octanol–water partition coefficient (Wildman–Crippen LogP) is 1.41. The average molecular weight is 253 g/mol. The van der Waals surface area contributed by atoms with E-state index in [0.29, 0.717) is 5.82 Å². The van der Waals surface area contributed by atoms with Crippen LogP contribution in [0.3, 0.4) is 0 Å². The van der Waals surface area contributed by atoms with Crippen molar-refractivity contribution >= 4 is 11.8 Å². The van der Waals surface area contributed by atoms with Crippen LogP contribution in [-0.4, -0.2) is 43.3 Å². The van der Waals surface area contributed by atoms with Gasteiger partial charge in [0.2, 0.25) is 5.82 Å². The fraction of sp³-hybridized carbons (Fsp3) is 0.583. The Morgan fingerprint density at radius 2 is 2.11 bits per heavy atom. The molecule has 1 aromatic rings. The number of carbonyl (C=O) groups excluding carboxylic acids is 1. The first-order chi connectivity index (χ1) is 8.67. The smallest absolute Gasteiger partial charge is 0.376 e. The number of carbonyl (C=O) groups is 1. The van der Waals surface area contributed by atoms with Crippen molar-refractivity contribution in [1.29, 1.82) is 0 Å². The Kier molecular flexibility index (Phi) is 6.07. The molecule has 0 saturated heterocycles. The maximum absolute atomic E-state index is 11.3. The van der Waals surface area contributed by atoms with Crippen molar-refractivity contribution in [2.24, 2.45) is 0 Å². The van der Waals surface area contributed by atoms with Gasteiger partial charge in [0.1, 0.15) is 5.82 Å².